The third-order valence-electron chi connectivity index (χ3n) is 4.46. The van der Waals surface area contributed by atoms with E-state index in [1.807, 2.05) is 44.2 Å². The monoisotopic (exact) mass is 418 g/mol. The number of hydrogen-bond donors (Lipinski definition) is 2. The van der Waals surface area contributed by atoms with E-state index in [1.165, 1.54) is 14.2 Å². The number of amides is 1. The first-order chi connectivity index (χ1) is 15.0. The molecule has 1 amide bonds. The second kappa shape index (κ2) is 10.2. The maximum atomic E-state index is 13.0. The second-order valence-electron chi connectivity index (χ2n) is 7.04. The number of aryl methyl sites for hydroxylation is 2. The van der Waals surface area contributed by atoms with E-state index in [1.54, 1.807) is 24.4 Å². The van der Waals surface area contributed by atoms with Crippen molar-refractivity contribution in [1.82, 2.24) is 10.3 Å². The smallest absolute Gasteiger partial charge is 0.258 e. The Balaban J connectivity index is 1.87. The van der Waals surface area contributed by atoms with Crippen LogP contribution < -0.4 is 20.1 Å². The summed E-state index contributed by atoms with van der Waals surface area (Å²) < 4.78 is 10.5. The van der Waals surface area contributed by atoms with Gasteiger partial charge in [0, 0.05) is 23.5 Å². The van der Waals surface area contributed by atoms with Crippen molar-refractivity contribution in [2.24, 2.45) is 4.99 Å². The predicted molar refractivity (Wildman–Crippen MR) is 122 cm³/mol. The Kier molecular flexibility index (Phi) is 7.22. The fourth-order valence-electron chi connectivity index (χ4n) is 3.06. The molecule has 160 valence electrons. The van der Waals surface area contributed by atoms with Gasteiger partial charge in [0.25, 0.3) is 5.91 Å². The van der Waals surface area contributed by atoms with Crippen LogP contribution in [0.5, 0.6) is 11.5 Å². The first-order valence-corrected chi connectivity index (χ1v) is 9.81. The number of benzene rings is 2. The molecule has 1 heterocycles. The van der Waals surface area contributed by atoms with Crippen LogP contribution in [-0.2, 0) is 6.54 Å². The van der Waals surface area contributed by atoms with E-state index in [9.17, 15) is 4.79 Å². The lowest BCUT2D eigenvalue weighted by Crippen LogP contribution is -2.36. The Bertz CT molecular complexity index is 1040. The van der Waals surface area contributed by atoms with Gasteiger partial charge in [-0.3, -0.25) is 15.1 Å². The zero-order valence-electron chi connectivity index (χ0n) is 18.1. The molecular weight excluding hydrogens is 392 g/mol. The van der Waals surface area contributed by atoms with Crippen LogP contribution in [0.4, 0.5) is 5.69 Å². The van der Waals surface area contributed by atoms with Crippen molar-refractivity contribution in [2.45, 2.75) is 20.4 Å². The molecule has 0 saturated carbocycles. The van der Waals surface area contributed by atoms with Gasteiger partial charge >= 0.3 is 0 Å². The van der Waals surface area contributed by atoms with Crippen molar-refractivity contribution >= 4 is 17.6 Å². The van der Waals surface area contributed by atoms with Crippen molar-refractivity contribution in [3.63, 3.8) is 0 Å². The summed E-state index contributed by atoms with van der Waals surface area (Å²) in [5.74, 6) is 1.04. The number of hydrogen-bond acceptors (Lipinski definition) is 5. The summed E-state index contributed by atoms with van der Waals surface area (Å²) in [6, 6.07) is 16.7. The number of anilines is 1. The molecule has 3 rings (SSSR count). The van der Waals surface area contributed by atoms with Crippen LogP contribution in [-0.4, -0.2) is 31.1 Å². The molecule has 31 heavy (non-hydrogen) atoms. The minimum atomic E-state index is -0.339. The molecule has 1 aromatic heterocycles. The summed E-state index contributed by atoms with van der Waals surface area (Å²) in [7, 11) is 3.08. The molecule has 0 atom stereocenters. The number of pyridine rings is 1. The van der Waals surface area contributed by atoms with Crippen LogP contribution in [0.25, 0.3) is 0 Å². The lowest BCUT2D eigenvalue weighted by molar-refractivity contribution is 0.0976. The molecule has 2 N–H and O–H groups in total. The Hall–Kier alpha value is -3.87. The molecule has 0 saturated heterocycles. The van der Waals surface area contributed by atoms with Crippen molar-refractivity contribution in [2.75, 3.05) is 19.5 Å². The highest BCUT2D eigenvalue weighted by atomic mass is 16.5. The molecule has 0 aliphatic rings. The number of carbonyl (C=O) groups excluding carboxylic acids is 1. The van der Waals surface area contributed by atoms with Crippen LogP contribution in [0.3, 0.4) is 0 Å². The minimum absolute atomic E-state index is 0.315. The van der Waals surface area contributed by atoms with Crippen LogP contribution in [0.15, 0.2) is 65.8 Å². The van der Waals surface area contributed by atoms with Gasteiger partial charge in [0.05, 0.1) is 26.5 Å². The number of aliphatic imine (C=N–C) groups is 1. The van der Waals surface area contributed by atoms with Crippen LogP contribution in [0, 0.1) is 13.8 Å². The molecular formula is C24H26N4O3. The standard InChI is InChI=1S/C24H26N4O3/c1-16-9-17(2)11-20(10-16)27-24(26-15-19-7-5-6-8-25-19)28-23(29)18-12-21(30-3)14-22(13-18)31-4/h5-14H,15H2,1-4H3,(H2,26,27,28,29). The van der Waals surface area contributed by atoms with E-state index < -0.39 is 0 Å². The van der Waals surface area contributed by atoms with E-state index in [0.717, 1.165) is 22.5 Å². The predicted octanol–water partition coefficient (Wildman–Crippen LogP) is 4.11. The molecule has 2 aromatic carbocycles. The third-order valence-corrected chi connectivity index (χ3v) is 4.46. The molecule has 0 aliphatic carbocycles. The van der Waals surface area contributed by atoms with Crippen LogP contribution >= 0.6 is 0 Å². The van der Waals surface area contributed by atoms with Gasteiger partial charge in [-0.05, 0) is 61.4 Å². The Morgan fingerprint density at radius 1 is 0.968 bits per heavy atom. The first-order valence-electron chi connectivity index (χ1n) is 9.81. The highest BCUT2D eigenvalue weighted by Gasteiger charge is 2.13. The van der Waals surface area contributed by atoms with Crippen molar-refractivity contribution in [3.05, 3.63) is 83.2 Å². The fraction of sp³-hybridized carbons (Fsp3) is 0.208. The largest absolute Gasteiger partial charge is 0.497 e. The number of nitrogens with one attached hydrogen (secondary N) is 2. The Labute approximate surface area is 182 Å². The van der Waals surface area contributed by atoms with Gasteiger partial charge in [0.1, 0.15) is 11.5 Å². The van der Waals surface area contributed by atoms with Crippen molar-refractivity contribution < 1.29 is 14.3 Å². The molecule has 3 aromatic rings. The second-order valence-corrected chi connectivity index (χ2v) is 7.04. The zero-order chi connectivity index (χ0) is 22.2. The van der Waals surface area contributed by atoms with E-state index in [4.69, 9.17) is 9.47 Å². The molecule has 0 aliphatic heterocycles. The maximum absolute atomic E-state index is 13.0. The number of carbonyl (C=O) groups is 1. The van der Waals surface area contributed by atoms with E-state index in [2.05, 4.69) is 26.7 Å². The van der Waals surface area contributed by atoms with E-state index >= 15 is 0 Å². The Morgan fingerprint density at radius 3 is 2.23 bits per heavy atom. The summed E-state index contributed by atoms with van der Waals surface area (Å²) in [6.45, 7) is 4.35. The van der Waals surface area contributed by atoms with Gasteiger partial charge in [-0.25, -0.2) is 4.99 Å². The minimum Gasteiger partial charge on any atom is -0.497 e. The lowest BCUT2D eigenvalue weighted by Gasteiger charge is -2.14. The summed E-state index contributed by atoms with van der Waals surface area (Å²) in [5.41, 5.74) is 4.23. The SMILES string of the molecule is COc1cc(OC)cc(C(=O)NC(=NCc2ccccn2)Nc2cc(C)cc(C)c2)c1. The van der Waals surface area contributed by atoms with E-state index in [0.29, 0.717) is 29.6 Å². The number of ether oxygens (including phenoxy) is 2. The highest BCUT2D eigenvalue weighted by molar-refractivity contribution is 6.10. The summed E-state index contributed by atoms with van der Waals surface area (Å²) in [4.78, 5) is 21.8. The van der Waals surface area contributed by atoms with Gasteiger partial charge in [0.15, 0.2) is 0 Å². The van der Waals surface area contributed by atoms with Gasteiger partial charge in [-0.1, -0.05) is 12.1 Å². The van der Waals surface area contributed by atoms with Crippen molar-refractivity contribution in [3.8, 4) is 11.5 Å². The summed E-state index contributed by atoms with van der Waals surface area (Å²) in [5, 5.41) is 6.07. The molecule has 0 fully saturated rings. The van der Waals surface area contributed by atoms with Gasteiger partial charge < -0.3 is 14.8 Å². The topological polar surface area (TPSA) is 84.8 Å². The number of rotatable bonds is 6. The Morgan fingerprint density at radius 2 is 1.65 bits per heavy atom. The third kappa shape index (κ3) is 6.30. The molecule has 0 spiro atoms. The molecule has 0 unspecified atom stereocenters. The fourth-order valence-corrected chi connectivity index (χ4v) is 3.06. The first kappa shape index (κ1) is 21.8. The molecule has 0 radical (unpaired) electrons. The molecule has 7 nitrogen and oxygen atoms in total. The summed E-state index contributed by atoms with van der Waals surface area (Å²) in [6.07, 6.45) is 1.71. The lowest BCUT2D eigenvalue weighted by atomic mass is 10.1. The van der Waals surface area contributed by atoms with Gasteiger partial charge in [0.2, 0.25) is 5.96 Å². The zero-order valence-corrected chi connectivity index (χ0v) is 18.1. The van der Waals surface area contributed by atoms with Crippen molar-refractivity contribution in [1.29, 1.82) is 0 Å². The summed E-state index contributed by atoms with van der Waals surface area (Å²) >= 11 is 0. The molecule has 0 bridgehead atoms. The maximum Gasteiger partial charge on any atom is 0.258 e. The van der Waals surface area contributed by atoms with Gasteiger partial charge in [-0.15, -0.1) is 0 Å². The quantitative estimate of drug-likeness (QED) is 0.465. The van der Waals surface area contributed by atoms with Crippen LogP contribution in [0.1, 0.15) is 27.2 Å². The van der Waals surface area contributed by atoms with E-state index in [-0.39, 0.29) is 5.91 Å². The van der Waals surface area contributed by atoms with Gasteiger partial charge in [-0.2, -0.15) is 0 Å². The normalized spacial score (nSPS) is 11.0. The average Bonchev–Trinajstić information content (AvgIpc) is 2.77. The molecule has 7 heteroatoms. The average molecular weight is 418 g/mol. The number of methoxy groups -OCH3 is 2. The number of nitrogens with zero attached hydrogens (tertiary/aromatic N) is 2. The number of guanidine groups is 1. The highest BCUT2D eigenvalue weighted by Crippen LogP contribution is 2.22. The number of aromatic nitrogens is 1. The van der Waals surface area contributed by atoms with Crippen LogP contribution in [0.2, 0.25) is 0 Å².